The Bertz CT molecular complexity index is 381. The van der Waals surface area contributed by atoms with Gasteiger partial charge >= 0.3 is 0 Å². The molecule has 0 fully saturated rings. The maximum absolute atomic E-state index is 5.05. The Labute approximate surface area is 81.5 Å². The van der Waals surface area contributed by atoms with Crippen LogP contribution in [0.5, 0.6) is 5.75 Å². The summed E-state index contributed by atoms with van der Waals surface area (Å²) in [6.07, 6.45) is 2.01. The molecule has 4 nitrogen and oxygen atoms in total. The third-order valence-electron chi connectivity index (χ3n) is 1.93. The van der Waals surface area contributed by atoms with Crippen LogP contribution < -0.4 is 4.74 Å². The second kappa shape index (κ2) is 3.91. The number of methoxy groups -OCH3 is 1. The third kappa shape index (κ3) is 1.90. The van der Waals surface area contributed by atoms with E-state index < -0.39 is 0 Å². The first kappa shape index (κ1) is 8.74. The lowest BCUT2D eigenvalue weighted by Gasteiger charge is -2.00. The lowest BCUT2D eigenvalue weighted by atomic mass is 10.1. The van der Waals surface area contributed by atoms with Gasteiger partial charge in [-0.25, -0.2) is 0 Å². The Morgan fingerprint density at radius 3 is 2.64 bits per heavy atom. The van der Waals surface area contributed by atoms with E-state index in [1.54, 1.807) is 7.11 Å². The summed E-state index contributed by atoms with van der Waals surface area (Å²) in [5, 5.41) is 3.74. The minimum absolute atomic E-state index is 0.681. The van der Waals surface area contributed by atoms with Gasteiger partial charge in [-0.3, -0.25) is 0 Å². The molecule has 0 saturated heterocycles. The van der Waals surface area contributed by atoms with Crippen molar-refractivity contribution in [3.63, 3.8) is 0 Å². The molecule has 0 N–H and O–H groups in total. The Hall–Kier alpha value is -1.84. The standard InChI is InChI=1S/C10H10N2O2/c1-13-9-4-2-8(3-5-9)6-10-11-7-14-12-10/h2-5,7H,6H2,1H3. The summed E-state index contributed by atoms with van der Waals surface area (Å²) in [5.74, 6) is 1.54. The van der Waals surface area contributed by atoms with Gasteiger partial charge < -0.3 is 9.26 Å². The van der Waals surface area contributed by atoms with E-state index >= 15 is 0 Å². The van der Waals surface area contributed by atoms with Crippen molar-refractivity contribution < 1.29 is 9.26 Å². The van der Waals surface area contributed by atoms with Gasteiger partial charge in [-0.2, -0.15) is 4.98 Å². The van der Waals surface area contributed by atoms with Crippen molar-refractivity contribution in [2.45, 2.75) is 6.42 Å². The van der Waals surface area contributed by atoms with Gasteiger partial charge in [0.25, 0.3) is 0 Å². The molecular formula is C10H10N2O2. The zero-order valence-electron chi connectivity index (χ0n) is 7.80. The van der Waals surface area contributed by atoms with Gasteiger partial charge in [0.05, 0.1) is 7.11 Å². The van der Waals surface area contributed by atoms with E-state index in [4.69, 9.17) is 4.74 Å². The van der Waals surface area contributed by atoms with Crippen LogP contribution in [-0.4, -0.2) is 17.3 Å². The monoisotopic (exact) mass is 190 g/mol. The molecule has 0 aliphatic heterocycles. The number of benzene rings is 1. The molecule has 14 heavy (non-hydrogen) atoms. The number of hydrogen-bond acceptors (Lipinski definition) is 4. The van der Waals surface area contributed by atoms with Gasteiger partial charge in [0.2, 0.25) is 6.39 Å². The number of aromatic nitrogens is 2. The van der Waals surface area contributed by atoms with Crippen LogP contribution in [0.2, 0.25) is 0 Å². The predicted molar refractivity (Wildman–Crippen MR) is 50.1 cm³/mol. The van der Waals surface area contributed by atoms with E-state index in [9.17, 15) is 0 Å². The molecule has 72 valence electrons. The molecule has 4 heteroatoms. The summed E-state index contributed by atoms with van der Waals surface area (Å²) in [5.41, 5.74) is 1.13. The average Bonchev–Trinajstić information content (AvgIpc) is 2.72. The number of nitrogens with zero attached hydrogens (tertiary/aromatic N) is 2. The van der Waals surface area contributed by atoms with Gasteiger partial charge in [0.15, 0.2) is 5.82 Å². The lowest BCUT2D eigenvalue weighted by Crippen LogP contribution is -1.90. The SMILES string of the molecule is COc1ccc(Cc2ncon2)cc1. The second-order valence-electron chi connectivity index (χ2n) is 2.87. The lowest BCUT2D eigenvalue weighted by molar-refractivity contribution is 0.411. The van der Waals surface area contributed by atoms with Crippen LogP contribution in [0.25, 0.3) is 0 Å². The quantitative estimate of drug-likeness (QED) is 0.738. The molecule has 2 aromatic rings. The molecule has 0 unspecified atom stereocenters. The van der Waals surface area contributed by atoms with Gasteiger partial charge in [0.1, 0.15) is 5.75 Å². The first-order chi connectivity index (χ1) is 6.88. The van der Waals surface area contributed by atoms with E-state index in [1.165, 1.54) is 6.39 Å². The molecule has 0 spiro atoms. The smallest absolute Gasteiger partial charge is 0.213 e. The number of ether oxygens (including phenoxy) is 1. The molecule has 2 rings (SSSR count). The fourth-order valence-corrected chi connectivity index (χ4v) is 1.20. The van der Waals surface area contributed by atoms with Crippen molar-refractivity contribution in [2.75, 3.05) is 7.11 Å². The molecule has 1 aromatic carbocycles. The maximum atomic E-state index is 5.05. The molecule has 1 heterocycles. The normalized spacial score (nSPS) is 10.1. The van der Waals surface area contributed by atoms with Crippen molar-refractivity contribution in [3.8, 4) is 5.75 Å². The molecular weight excluding hydrogens is 180 g/mol. The first-order valence-corrected chi connectivity index (χ1v) is 4.26. The highest BCUT2D eigenvalue weighted by atomic mass is 16.5. The van der Waals surface area contributed by atoms with Crippen molar-refractivity contribution >= 4 is 0 Å². The van der Waals surface area contributed by atoms with Crippen molar-refractivity contribution in [1.29, 1.82) is 0 Å². The van der Waals surface area contributed by atoms with Gasteiger partial charge in [0, 0.05) is 6.42 Å². The van der Waals surface area contributed by atoms with E-state index in [2.05, 4.69) is 14.7 Å². The van der Waals surface area contributed by atoms with Crippen molar-refractivity contribution in [3.05, 3.63) is 42.0 Å². The summed E-state index contributed by atoms with van der Waals surface area (Å²) in [4.78, 5) is 3.95. The second-order valence-corrected chi connectivity index (χ2v) is 2.87. The van der Waals surface area contributed by atoms with Gasteiger partial charge in [-0.1, -0.05) is 17.3 Å². The summed E-state index contributed by atoms with van der Waals surface area (Å²) in [7, 11) is 1.65. The van der Waals surface area contributed by atoms with Crippen molar-refractivity contribution in [1.82, 2.24) is 10.1 Å². The molecule has 0 atom stereocenters. The van der Waals surface area contributed by atoms with Crippen LogP contribution >= 0.6 is 0 Å². The maximum Gasteiger partial charge on any atom is 0.213 e. The Morgan fingerprint density at radius 1 is 1.29 bits per heavy atom. The van der Waals surface area contributed by atoms with E-state index in [-0.39, 0.29) is 0 Å². The van der Waals surface area contributed by atoms with Crippen LogP contribution in [-0.2, 0) is 6.42 Å². The van der Waals surface area contributed by atoms with Crippen LogP contribution in [0.1, 0.15) is 11.4 Å². The molecule has 0 radical (unpaired) electrons. The Balaban J connectivity index is 2.10. The predicted octanol–water partition coefficient (Wildman–Crippen LogP) is 1.67. The van der Waals surface area contributed by atoms with Crippen LogP contribution in [0.3, 0.4) is 0 Å². The van der Waals surface area contributed by atoms with Gasteiger partial charge in [-0.15, -0.1) is 0 Å². The number of hydrogen-bond donors (Lipinski definition) is 0. The summed E-state index contributed by atoms with van der Waals surface area (Å²) >= 11 is 0. The highest BCUT2D eigenvalue weighted by Gasteiger charge is 2.00. The molecule has 0 amide bonds. The third-order valence-corrected chi connectivity index (χ3v) is 1.93. The molecule has 0 saturated carbocycles. The highest BCUT2D eigenvalue weighted by Crippen LogP contribution is 2.12. The van der Waals surface area contributed by atoms with Crippen LogP contribution in [0.4, 0.5) is 0 Å². The average molecular weight is 190 g/mol. The minimum atomic E-state index is 0.681. The molecule has 0 aliphatic rings. The number of rotatable bonds is 3. The molecule has 0 aliphatic carbocycles. The molecule has 1 aromatic heterocycles. The minimum Gasteiger partial charge on any atom is -0.497 e. The van der Waals surface area contributed by atoms with Gasteiger partial charge in [-0.05, 0) is 17.7 Å². The summed E-state index contributed by atoms with van der Waals surface area (Å²) in [6, 6.07) is 7.79. The fourth-order valence-electron chi connectivity index (χ4n) is 1.20. The van der Waals surface area contributed by atoms with Crippen molar-refractivity contribution in [2.24, 2.45) is 0 Å². The Morgan fingerprint density at radius 2 is 2.07 bits per heavy atom. The molecule has 0 bridgehead atoms. The van der Waals surface area contributed by atoms with Crippen LogP contribution in [0, 0.1) is 0 Å². The Kier molecular flexibility index (Phi) is 2.44. The van der Waals surface area contributed by atoms with Crippen LogP contribution in [0.15, 0.2) is 35.2 Å². The van der Waals surface area contributed by atoms with E-state index in [0.29, 0.717) is 12.2 Å². The summed E-state index contributed by atoms with van der Waals surface area (Å²) in [6.45, 7) is 0. The zero-order valence-corrected chi connectivity index (χ0v) is 7.80. The van der Waals surface area contributed by atoms with E-state index in [0.717, 1.165) is 11.3 Å². The highest BCUT2D eigenvalue weighted by molar-refractivity contribution is 5.28. The first-order valence-electron chi connectivity index (χ1n) is 4.26. The fraction of sp³-hybridized carbons (Fsp3) is 0.200. The largest absolute Gasteiger partial charge is 0.497 e. The zero-order chi connectivity index (χ0) is 9.80. The topological polar surface area (TPSA) is 48.2 Å². The summed E-state index contributed by atoms with van der Waals surface area (Å²) < 4.78 is 9.70. The van der Waals surface area contributed by atoms with E-state index in [1.807, 2.05) is 24.3 Å².